The molecule has 0 saturated heterocycles. The van der Waals surface area contributed by atoms with Gasteiger partial charge in [0.25, 0.3) is 0 Å². The van der Waals surface area contributed by atoms with Crippen LogP contribution in [0, 0.1) is 5.82 Å². The molecule has 23 heavy (non-hydrogen) atoms. The zero-order valence-corrected chi connectivity index (χ0v) is 15.0. The van der Waals surface area contributed by atoms with E-state index >= 15 is 0 Å². The van der Waals surface area contributed by atoms with Crippen molar-refractivity contribution >= 4 is 15.9 Å². The third-order valence-corrected chi connectivity index (χ3v) is 3.98. The number of ether oxygens (including phenoxy) is 2. The zero-order valence-electron chi connectivity index (χ0n) is 13.4. The van der Waals surface area contributed by atoms with Gasteiger partial charge in [0.2, 0.25) is 0 Å². The molecular formula is C18H21BrFNO2. The van der Waals surface area contributed by atoms with Crippen LogP contribution in [0.25, 0.3) is 0 Å². The van der Waals surface area contributed by atoms with E-state index < -0.39 is 0 Å². The van der Waals surface area contributed by atoms with Gasteiger partial charge in [-0.15, -0.1) is 0 Å². The maximum Gasteiger partial charge on any atom is 0.175 e. The molecule has 0 radical (unpaired) electrons. The van der Waals surface area contributed by atoms with E-state index in [1.807, 2.05) is 25.1 Å². The van der Waals surface area contributed by atoms with Gasteiger partial charge in [-0.25, -0.2) is 4.39 Å². The minimum Gasteiger partial charge on any atom is -0.493 e. The van der Waals surface area contributed by atoms with Crippen molar-refractivity contribution in [1.82, 2.24) is 5.32 Å². The van der Waals surface area contributed by atoms with Crippen LogP contribution in [-0.4, -0.2) is 20.3 Å². The molecule has 0 spiro atoms. The fourth-order valence-electron chi connectivity index (χ4n) is 2.32. The Labute approximate surface area is 144 Å². The molecule has 2 aromatic rings. The number of methoxy groups -OCH3 is 1. The number of hydrogen-bond donors (Lipinski definition) is 1. The largest absolute Gasteiger partial charge is 0.493 e. The van der Waals surface area contributed by atoms with Crippen LogP contribution in [0.1, 0.15) is 18.1 Å². The van der Waals surface area contributed by atoms with E-state index in [2.05, 4.69) is 21.2 Å². The second-order valence-electron chi connectivity index (χ2n) is 5.10. The van der Waals surface area contributed by atoms with Gasteiger partial charge in [-0.3, -0.25) is 0 Å². The summed E-state index contributed by atoms with van der Waals surface area (Å²) in [6, 6.07) is 10.7. The molecule has 0 saturated carbocycles. The molecule has 124 valence electrons. The molecule has 3 nitrogen and oxygen atoms in total. The van der Waals surface area contributed by atoms with E-state index in [1.54, 1.807) is 19.2 Å². The number of hydrogen-bond acceptors (Lipinski definition) is 3. The third-order valence-electron chi connectivity index (χ3n) is 3.39. The fraction of sp³-hybridized carbons (Fsp3) is 0.333. The van der Waals surface area contributed by atoms with Crippen LogP contribution in [0.3, 0.4) is 0 Å². The predicted molar refractivity (Wildman–Crippen MR) is 93.7 cm³/mol. The second-order valence-corrected chi connectivity index (χ2v) is 5.95. The highest BCUT2D eigenvalue weighted by Gasteiger charge is 2.11. The molecule has 2 aromatic carbocycles. The quantitative estimate of drug-likeness (QED) is 0.690. The Morgan fingerprint density at radius 1 is 1.17 bits per heavy atom. The van der Waals surface area contributed by atoms with Gasteiger partial charge in [-0.2, -0.15) is 0 Å². The van der Waals surface area contributed by atoms with Crippen molar-refractivity contribution in [3.05, 3.63) is 57.8 Å². The van der Waals surface area contributed by atoms with Crippen molar-refractivity contribution in [1.29, 1.82) is 0 Å². The van der Waals surface area contributed by atoms with Gasteiger partial charge < -0.3 is 14.8 Å². The second kappa shape index (κ2) is 8.89. The summed E-state index contributed by atoms with van der Waals surface area (Å²) in [6.45, 7) is 4.00. The molecule has 0 aliphatic carbocycles. The Hall–Kier alpha value is -1.59. The van der Waals surface area contributed by atoms with Gasteiger partial charge in [-0.05, 0) is 71.2 Å². The van der Waals surface area contributed by atoms with Crippen molar-refractivity contribution in [3.63, 3.8) is 0 Å². The average Bonchev–Trinajstić information content (AvgIpc) is 2.54. The number of rotatable bonds is 8. The van der Waals surface area contributed by atoms with Gasteiger partial charge in [0.15, 0.2) is 11.5 Å². The summed E-state index contributed by atoms with van der Waals surface area (Å²) in [5.41, 5.74) is 2.08. The fourth-order valence-corrected chi connectivity index (χ4v) is 2.92. The normalized spacial score (nSPS) is 10.6. The van der Waals surface area contributed by atoms with Gasteiger partial charge in [0.1, 0.15) is 5.82 Å². The van der Waals surface area contributed by atoms with Crippen molar-refractivity contribution in [2.45, 2.75) is 19.9 Å². The van der Waals surface area contributed by atoms with Gasteiger partial charge in [0, 0.05) is 6.54 Å². The minimum atomic E-state index is -0.192. The van der Waals surface area contributed by atoms with Crippen LogP contribution >= 0.6 is 15.9 Å². The van der Waals surface area contributed by atoms with Gasteiger partial charge in [0.05, 0.1) is 18.2 Å². The molecule has 0 atom stereocenters. The van der Waals surface area contributed by atoms with Crippen LogP contribution in [0.2, 0.25) is 0 Å². The molecule has 1 N–H and O–H groups in total. The van der Waals surface area contributed by atoms with Crippen molar-refractivity contribution in [2.24, 2.45) is 0 Å². The number of halogens is 2. The maximum absolute atomic E-state index is 13.1. The van der Waals surface area contributed by atoms with Gasteiger partial charge >= 0.3 is 0 Å². The summed E-state index contributed by atoms with van der Waals surface area (Å²) in [7, 11) is 1.63. The summed E-state index contributed by atoms with van der Waals surface area (Å²) in [5, 5.41) is 3.36. The highest BCUT2D eigenvalue weighted by Crippen LogP contribution is 2.36. The maximum atomic E-state index is 13.1. The van der Waals surface area contributed by atoms with Crippen LogP contribution in [-0.2, 0) is 13.0 Å². The number of nitrogens with one attached hydrogen (secondary N) is 1. The highest BCUT2D eigenvalue weighted by atomic mass is 79.9. The lowest BCUT2D eigenvalue weighted by Crippen LogP contribution is -2.17. The Balaban J connectivity index is 1.91. The van der Waals surface area contributed by atoms with Crippen LogP contribution in [0.15, 0.2) is 40.9 Å². The van der Waals surface area contributed by atoms with E-state index in [1.165, 1.54) is 6.07 Å². The number of benzene rings is 2. The molecular weight excluding hydrogens is 361 g/mol. The van der Waals surface area contributed by atoms with Crippen LogP contribution in [0.4, 0.5) is 4.39 Å². The summed E-state index contributed by atoms with van der Waals surface area (Å²) < 4.78 is 25.0. The summed E-state index contributed by atoms with van der Waals surface area (Å²) in [4.78, 5) is 0. The summed E-state index contributed by atoms with van der Waals surface area (Å²) in [5.74, 6) is 1.24. The predicted octanol–water partition coefficient (Wildman–Crippen LogP) is 4.33. The lowest BCUT2D eigenvalue weighted by molar-refractivity contribution is 0.308. The smallest absolute Gasteiger partial charge is 0.175 e. The molecule has 0 aliphatic heterocycles. The molecule has 2 rings (SSSR count). The molecule has 0 fully saturated rings. The molecule has 0 aliphatic rings. The Bertz CT molecular complexity index is 649. The first-order valence-corrected chi connectivity index (χ1v) is 8.37. The van der Waals surface area contributed by atoms with Crippen LogP contribution in [0.5, 0.6) is 11.5 Å². The summed E-state index contributed by atoms with van der Waals surface area (Å²) >= 11 is 3.52. The minimum absolute atomic E-state index is 0.192. The molecule has 0 aromatic heterocycles. The zero-order chi connectivity index (χ0) is 16.7. The van der Waals surface area contributed by atoms with Crippen molar-refractivity contribution < 1.29 is 13.9 Å². The first-order chi connectivity index (χ1) is 11.1. The SMILES string of the molecule is CCOc1c(Br)cc(CNCCc2cccc(F)c2)cc1OC. The van der Waals surface area contributed by atoms with E-state index in [4.69, 9.17) is 9.47 Å². The molecule has 0 amide bonds. The molecule has 0 unspecified atom stereocenters. The first kappa shape index (κ1) is 17.8. The topological polar surface area (TPSA) is 30.5 Å². The van der Waals surface area contributed by atoms with E-state index in [-0.39, 0.29) is 5.82 Å². The average molecular weight is 382 g/mol. The first-order valence-electron chi connectivity index (χ1n) is 7.58. The van der Waals surface area contributed by atoms with E-state index in [9.17, 15) is 4.39 Å². The van der Waals surface area contributed by atoms with Crippen molar-refractivity contribution in [3.8, 4) is 11.5 Å². The highest BCUT2D eigenvalue weighted by molar-refractivity contribution is 9.10. The molecule has 5 heteroatoms. The monoisotopic (exact) mass is 381 g/mol. The lowest BCUT2D eigenvalue weighted by Gasteiger charge is -2.14. The summed E-state index contributed by atoms with van der Waals surface area (Å²) in [6.07, 6.45) is 0.785. The Morgan fingerprint density at radius 2 is 2.00 bits per heavy atom. The standard InChI is InChI=1S/C18H21BrFNO2/c1-3-23-18-16(19)10-14(11-17(18)22-2)12-21-8-7-13-5-4-6-15(20)9-13/h4-6,9-11,21H,3,7-8,12H2,1-2H3. The van der Waals surface area contributed by atoms with E-state index in [0.717, 1.165) is 34.3 Å². The Morgan fingerprint density at radius 3 is 2.70 bits per heavy atom. The van der Waals surface area contributed by atoms with Crippen molar-refractivity contribution in [2.75, 3.05) is 20.3 Å². The van der Waals surface area contributed by atoms with Gasteiger partial charge in [-0.1, -0.05) is 12.1 Å². The lowest BCUT2D eigenvalue weighted by atomic mass is 10.1. The Kier molecular flexibility index (Phi) is 6.86. The molecule has 0 bridgehead atoms. The van der Waals surface area contributed by atoms with E-state index in [0.29, 0.717) is 18.9 Å². The van der Waals surface area contributed by atoms with Crippen LogP contribution < -0.4 is 14.8 Å². The molecule has 0 heterocycles. The third kappa shape index (κ3) is 5.22.